The van der Waals surface area contributed by atoms with Crippen molar-refractivity contribution in [2.45, 2.75) is 58.2 Å². The quantitative estimate of drug-likeness (QED) is 0.668. The summed E-state index contributed by atoms with van der Waals surface area (Å²) in [5.74, 6) is -0.732. The molecule has 1 fully saturated rings. The Morgan fingerprint density at radius 3 is 2.65 bits per heavy atom. The van der Waals surface area contributed by atoms with Crippen LogP contribution in [0.3, 0.4) is 0 Å². The number of ether oxygens (including phenoxy) is 2. The molecule has 116 valence electrons. The van der Waals surface area contributed by atoms with Crippen molar-refractivity contribution in [3.63, 3.8) is 0 Å². The number of carbonyl (C=O) groups excluding carboxylic acids is 2. The summed E-state index contributed by atoms with van der Waals surface area (Å²) >= 11 is 0. The van der Waals surface area contributed by atoms with Crippen LogP contribution in [0.1, 0.15) is 40.0 Å². The van der Waals surface area contributed by atoms with Gasteiger partial charge in [-0.05, 0) is 25.7 Å². The fourth-order valence-corrected chi connectivity index (χ4v) is 2.12. The largest absolute Gasteiger partial charge is 0.464 e. The Morgan fingerprint density at radius 2 is 2.15 bits per heavy atom. The molecule has 1 aliphatic heterocycles. The number of rotatable bonds is 7. The number of hydrogen-bond acceptors (Lipinski definition) is 5. The van der Waals surface area contributed by atoms with E-state index < -0.39 is 18.1 Å². The van der Waals surface area contributed by atoms with Crippen molar-refractivity contribution in [1.82, 2.24) is 5.32 Å². The van der Waals surface area contributed by atoms with E-state index in [-0.39, 0.29) is 24.5 Å². The van der Waals surface area contributed by atoms with Crippen LogP contribution in [0.5, 0.6) is 0 Å². The Labute approximate surface area is 120 Å². The van der Waals surface area contributed by atoms with Gasteiger partial charge in [0.1, 0.15) is 6.04 Å². The molecule has 3 atom stereocenters. The number of carbonyl (C=O) groups is 2. The Kier molecular flexibility index (Phi) is 6.95. The SMILES string of the molecule is CCOC(=O)C(CC1CCCO1)NC(=O)C(N)C(C)C. The van der Waals surface area contributed by atoms with Gasteiger partial charge in [0.05, 0.1) is 18.8 Å². The summed E-state index contributed by atoms with van der Waals surface area (Å²) in [5.41, 5.74) is 5.80. The van der Waals surface area contributed by atoms with Crippen molar-refractivity contribution >= 4 is 11.9 Å². The zero-order valence-corrected chi connectivity index (χ0v) is 12.6. The van der Waals surface area contributed by atoms with E-state index >= 15 is 0 Å². The number of hydrogen-bond donors (Lipinski definition) is 2. The second kappa shape index (κ2) is 8.21. The molecule has 20 heavy (non-hydrogen) atoms. The van der Waals surface area contributed by atoms with E-state index in [0.29, 0.717) is 13.0 Å². The van der Waals surface area contributed by atoms with E-state index in [0.717, 1.165) is 12.8 Å². The topological polar surface area (TPSA) is 90.6 Å². The van der Waals surface area contributed by atoms with E-state index in [1.165, 1.54) is 0 Å². The molecule has 0 aromatic heterocycles. The highest BCUT2D eigenvalue weighted by Crippen LogP contribution is 2.17. The maximum Gasteiger partial charge on any atom is 0.328 e. The molecule has 0 bridgehead atoms. The molecule has 0 saturated carbocycles. The van der Waals surface area contributed by atoms with Gasteiger partial charge >= 0.3 is 5.97 Å². The Hall–Kier alpha value is -1.14. The van der Waals surface area contributed by atoms with Gasteiger partial charge in [-0.1, -0.05) is 13.8 Å². The van der Waals surface area contributed by atoms with Crippen LogP contribution in [0.25, 0.3) is 0 Å². The number of amides is 1. The third kappa shape index (κ3) is 5.09. The van der Waals surface area contributed by atoms with Gasteiger partial charge in [-0.25, -0.2) is 4.79 Å². The van der Waals surface area contributed by atoms with E-state index in [4.69, 9.17) is 15.2 Å². The lowest BCUT2D eigenvalue weighted by molar-refractivity contribution is -0.148. The average Bonchev–Trinajstić information content (AvgIpc) is 2.90. The zero-order chi connectivity index (χ0) is 15.1. The van der Waals surface area contributed by atoms with Gasteiger partial charge < -0.3 is 20.5 Å². The maximum atomic E-state index is 12.0. The van der Waals surface area contributed by atoms with Gasteiger partial charge in [0, 0.05) is 13.0 Å². The highest BCUT2D eigenvalue weighted by Gasteiger charge is 2.30. The second-order valence-corrected chi connectivity index (χ2v) is 5.45. The minimum atomic E-state index is -0.685. The number of nitrogens with two attached hydrogens (primary N) is 1. The smallest absolute Gasteiger partial charge is 0.328 e. The third-order valence-electron chi connectivity index (χ3n) is 3.43. The van der Waals surface area contributed by atoms with Crippen molar-refractivity contribution in [3.8, 4) is 0 Å². The number of esters is 1. The molecular weight excluding hydrogens is 260 g/mol. The molecule has 0 aliphatic carbocycles. The summed E-state index contributed by atoms with van der Waals surface area (Å²) < 4.78 is 10.5. The molecule has 3 unspecified atom stereocenters. The molecule has 0 aromatic carbocycles. The molecule has 1 heterocycles. The fourth-order valence-electron chi connectivity index (χ4n) is 2.12. The van der Waals surface area contributed by atoms with Crippen LogP contribution in [0.15, 0.2) is 0 Å². The standard InChI is InChI=1S/C14H26N2O4/c1-4-19-14(18)11(8-10-6-5-7-20-10)16-13(17)12(15)9(2)3/h9-12H,4-8,15H2,1-3H3,(H,16,17). The van der Waals surface area contributed by atoms with Gasteiger partial charge in [-0.15, -0.1) is 0 Å². The molecule has 3 N–H and O–H groups in total. The van der Waals surface area contributed by atoms with E-state index in [1.807, 2.05) is 13.8 Å². The molecule has 0 spiro atoms. The normalized spacial score (nSPS) is 21.6. The predicted octanol–water partition coefficient (Wildman–Crippen LogP) is 0.587. The summed E-state index contributed by atoms with van der Waals surface area (Å²) in [6.07, 6.45) is 2.33. The first-order valence-corrected chi connectivity index (χ1v) is 7.29. The zero-order valence-electron chi connectivity index (χ0n) is 12.6. The molecule has 6 heteroatoms. The van der Waals surface area contributed by atoms with Crippen molar-refractivity contribution < 1.29 is 19.1 Å². The Balaban J connectivity index is 2.61. The van der Waals surface area contributed by atoms with Crippen molar-refractivity contribution in [2.75, 3.05) is 13.2 Å². The summed E-state index contributed by atoms with van der Waals surface area (Å²) in [4.78, 5) is 23.9. The van der Waals surface area contributed by atoms with Crippen LogP contribution < -0.4 is 11.1 Å². The van der Waals surface area contributed by atoms with Crippen molar-refractivity contribution in [1.29, 1.82) is 0 Å². The summed E-state index contributed by atoms with van der Waals surface area (Å²) in [5, 5.41) is 2.69. The first kappa shape index (κ1) is 16.9. The van der Waals surface area contributed by atoms with Gasteiger partial charge in [0.2, 0.25) is 5.91 Å². The summed E-state index contributed by atoms with van der Waals surface area (Å²) in [6.45, 7) is 6.46. The highest BCUT2D eigenvalue weighted by molar-refractivity contribution is 5.87. The minimum absolute atomic E-state index is 0.0000180. The first-order valence-electron chi connectivity index (χ1n) is 7.29. The maximum absolute atomic E-state index is 12.0. The van der Waals surface area contributed by atoms with Gasteiger partial charge in [0.15, 0.2) is 0 Å². The molecule has 6 nitrogen and oxygen atoms in total. The molecular formula is C14H26N2O4. The monoisotopic (exact) mass is 286 g/mol. The molecule has 0 aromatic rings. The Bertz CT molecular complexity index is 327. The van der Waals surface area contributed by atoms with Crippen molar-refractivity contribution in [3.05, 3.63) is 0 Å². The van der Waals surface area contributed by atoms with E-state index in [2.05, 4.69) is 5.32 Å². The highest BCUT2D eigenvalue weighted by atomic mass is 16.5. The third-order valence-corrected chi connectivity index (χ3v) is 3.43. The number of nitrogens with one attached hydrogen (secondary N) is 1. The first-order chi connectivity index (χ1) is 9.45. The summed E-state index contributed by atoms with van der Waals surface area (Å²) in [6, 6.07) is -1.31. The predicted molar refractivity (Wildman–Crippen MR) is 75.0 cm³/mol. The molecule has 1 saturated heterocycles. The van der Waals surface area contributed by atoms with Crippen LogP contribution in [0, 0.1) is 5.92 Å². The Morgan fingerprint density at radius 1 is 1.45 bits per heavy atom. The van der Waals surface area contributed by atoms with Crippen LogP contribution in [0.2, 0.25) is 0 Å². The van der Waals surface area contributed by atoms with Gasteiger partial charge in [-0.3, -0.25) is 4.79 Å². The van der Waals surface area contributed by atoms with Gasteiger partial charge in [-0.2, -0.15) is 0 Å². The average molecular weight is 286 g/mol. The molecule has 0 radical (unpaired) electrons. The van der Waals surface area contributed by atoms with Gasteiger partial charge in [0.25, 0.3) is 0 Å². The van der Waals surface area contributed by atoms with Crippen LogP contribution >= 0.6 is 0 Å². The van der Waals surface area contributed by atoms with E-state index in [9.17, 15) is 9.59 Å². The fraction of sp³-hybridized carbons (Fsp3) is 0.857. The van der Waals surface area contributed by atoms with E-state index in [1.54, 1.807) is 6.92 Å². The lowest BCUT2D eigenvalue weighted by Gasteiger charge is -2.23. The molecule has 1 aliphatic rings. The van der Waals surface area contributed by atoms with Crippen LogP contribution in [0.4, 0.5) is 0 Å². The minimum Gasteiger partial charge on any atom is -0.464 e. The van der Waals surface area contributed by atoms with Crippen LogP contribution in [-0.4, -0.2) is 43.3 Å². The summed E-state index contributed by atoms with van der Waals surface area (Å²) in [7, 11) is 0. The second-order valence-electron chi connectivity index (χ2n) is 5.45. The lowest BCUT2D eigenvalue weighted by Crippen LogP contribution is -2.51. The van der Waals surface area contributed by atoms with Crippen LogP contribution in [-0.2, 0) is 19.1 Å². The molecule has 1 amide bonds. The van der Waals surface area contributed by atoms with Crippen molar-refractivity contribution in [2.24, 2.45) is 11.7 Å². The lowest BCUT2D eigenvalue weighted by atomic mass is 10.0. The molecule has 1 rings (SSSR count).